The Hall–Kier alpha value is -9.03. The summed E-state index contributed by atoms with van der Waals surface area (Å²) in [5.74, 6) is -14.4. The molecule has 0 unspecified atom stereocenters. The normalized spacial score (nSPS) is 14.2. The molecule has 0 fully saturated rings. The molecule has 0 bridgehead atoms. The van der Waals surface area contributed by atoms with Crippen molar-refractivity contribution in [3.8, 4) is 0 Å². The minimum absolute atomic E-state index is 0.0151. The summed E-state index contributed by atoms with van der Waals surface area (Å²) in [6.45, 7) is -1.87. The summed E-state index contributed by atoms with van der Waals surface area (Å²) in [5.41, 5.74) is 11.9. The van der Waals surface area contributed by atoms with Gasteiger partial charge in [0, 0.05) is 25.1 Å². The molecule has 0 radical (unpaired) electrons. The van der Waals surface area contributed by atoms with E-state index in [2.05, 4.69) is 81.7 Å². The number of rotatable bonds is 39. The Bertz CT molecular complexity index is 2710. The highest BCUT2D eigenvalue weighted by Gasteiger charge is 2.35. The molecule has 23 N–H and O–H groups in total. The van der Waals surface area contributed by atoms with E-state index in [-0.39, 0.29) is 43.9 Å². The van der Waals surface area contributed by atoms with Crippen molar-refractivity contribution < 1.29 is 87.9 Å². The fraction of sp³-hybridized carbons (Fsp3) is 0.509. The molecule has 35 heteroatoms. The highest BCUT2D eigenvalue weighted by Crippen LogP contribution is 2.08. The van der Waals surface area contributed by atoms with Crippen molar-refractivity contribution in [1.82, 2.24) is 69.1 Å². The molecule has 0 aliphatic heterocycles. The fourth-order valence-corrected chi connectivity index (χ4v) is 7.86. The number of amides is 12. The molecular formula is C53H80N16O18S. The van der Waals surface area contributed by atoms with Crippen LogP contribution in [-0.2, 0) is 75.2 Å². The molecule has 0 aromatic heterocycles. The van der Waals surface area contributed by atoms with E-state index in [1.54, 1.807) is 60.7 Å². The van der Waals surface area contributed by atoms with Gasteiger partial charge in [-0.3, -0.25) is 62.9 Å². The summed E-state index contributed by atoms with van der Waals surface area (Å²) in [6.07, 6.45) is -1.87. The third kappa shape index (κ3) is 28.0. The van der Waals surface area contributed by atoms with Crippen molar-refractivity contribution in [1.29, 1.82) is 5.41 Å². The molecule has 12 amide bonds. The molecule has 0 saturated carbocycles. The average Bonchev–Trinajstić information content (AvgIpc) is 2.99. The molecule has 0 aliphatic carbocycles. The number of thiol groups is 1. The summed E-state index contributed by atoms with van der Waals surface area (Å²) >= 11 is 3.94. The van der Waals surface area contributed by atoms with E-state index in [1.165, 1.54) is 13.8 Å². The van der Waals surface area contributed by atoms with E-state index in [0.717, 1.165) is 6.92 Å². The van der Waals surface area contributed by atoms with Crippen LogP contribution in [0.5, 0.6) is 0 Å². The molecule has 34 nitrogen and oxygen atoms in total. The first-order chi connectivity index (χ1) is 41.6. The highest BCUT2D eigenvalue weighted by atomic mass is 32.1. The lowest BCUT2D eigenvalue weighted by Gasteiger charge is -2.28. The minimum Gasteiger partial charge on any atom is -0.480 e. The maximum Gasteiger partial charge on any atom is 0.326 e. The number of aliphatic hydroxyl groups is 4. The summed E-state index contributed by atoms with van der Waals surface area (Å²) in [7, 11) is 0. The van der Waals surface area contributed by atoms with Gasteiger partial charge in [0.2, 0.25) is 70.9 Å². The van der Waals surface area contributed by atoms with Gasteiger partial charge in [-0.15, -0.1) is 0 Å². The average molecular weight is 1260 g/mol. The zero-order chi connectivity index (χ0) is 66.0. The maximum atomic E-state index is 13.6. The predicted molar refractivity (Wildman–Crippen MR) is 314 cm³/mol. The Balaban J connectivity index is 2.03. The van der Waals surface area contributed by atoms with Crippen LogP contribution in [0.4, 0.5) is 0 Å². The van der Waals surface area contributed by atoms with E-state index in [4.69, 9.17) is 16.9 Å². The lowest BCUT2D eigenvalue weighted by atomic mass is 10.0. The van der Waals surface area contributed by atoms with Gasteiger partial charge in [0.15, 0.2) is 5.96 Å². The zero-order valence-electron chi connectivity index (χ0n) is 48.5. The Morgan fingerprint density at radius 1 is 0.477 bits per heavy atom. The molecule has 0 heterocycles. The monoisotopic (exact) mass is 1260 g/mol. The van der Waals surface area contributed by atoms with E-state index in [0.29, 0.717) is 11.1 Å². The van der Waals surface area contributed by atoms with Gasteiger partial charge in [0.05, 0.1) is 58.1 Å². The van der Waals surface area contributed by atoms with Crippen molar-refractivity contribution in [2.75, 3.05) is 58.3 Å². The molecule has 0 spiro atoms. The van der Waals surface area contributed by atoms with Crippen molar-refractivity contribution in [3.05, 3.63) is 71.8 Å². The molecule has 2 aromatic carbocycles. The first-order valence-corrected chi connectivity index (χ1v) is 28.0. The SMILES string of the molecule is CC(C)[C@H](NC(=O)[C@@H](NC(=O)[C@H](CO)NC(=O)[C@H](Cc1ccccc1)NC(=O)CNC(=O)[C@@H](N)CS)[C@@H](C)O)C(=O)NCC(=O)N[C@@H](CO)C(=O)NCC(=O)N[C@@H](Cc1ccccc1)C(=O)NCC(=O)N[C@@H](CO)C(=O)N[C@@H](CCCNC(=N)N)C(=O)O. The third-order valence-corrected chi connectivity index (χ3v) is 12.9. The van der Waals surface area contributed by atoms with Crippen molar-refractivity contribution in [2.24, 2.45) is 17.4 Å². The number of carboxylic acids is 1. The van der Waals surface area contributed by atoms with Gasteiger partial charge in [-0.1, -0.05) is 74.5 Å². The number of carbonyl (C=O) groups excluding carboxylic acids is 12. The van der Waals surface area contributed by atoms with E-state index in [9.17, 15) is 87.9 Å². The number of hydrogen-bond acceptors (Lipinski definition) is 20. The number of aliphatic carboxylic acids is 1. The smallest absolute Gasteiger partial charge is 0.326 e. The number of nitrogens with two attached hydrogens (primary N) is 2. The Morgan fingerprint density at radius 2 is 0.841 bits per heavy atom. The standard InChI is InChI=1S/C53H80N16O18S/c1-27(2)42(68-51(85)43(28(3)73)69-49(83)37(25-72)67-47(81)34(18-30-13-8-5-9-14-30)63-38(74)19-58-44(78)31(54)26-88)50(84)61-22-41(77)64-35(23-70)46(80)60-20-39(75)62-33(17-29-11-6-4-7-12-29)45(79)59-21-40(76)65-36(24-71)48(82)66-32(52(86)87)15-10-16-57-53(55)56/h4-9,11-14,27-28,31-37,42-43,70-73,88H,10,15-26,54H2,1-3H3,(H,58,78)(H,59,79)(H,60,80)(H,61,84)(H,62,75)(H,63,74)(H,64,77)(H,65,76)(H,66,82)(H,67,81)(H,68,85)(H,69,83)(H,86,87)(H4,55,56,57)/t28-,31+,32+,33+,34+,35+,36+,37+,42+,43+/m1/s1. The van der Waals surface area contributed by atoms with Crippen LogP contribution < -0.4 is 80.6 Å². The predicted octanol–water partition coefficient (Wildman–Crippen LogP) is -9.57. The first-order valence-electron chi connectivity index (χ1n) is 27.4. The maximum absolute atomic E-state index is 13.6. The lowest BCUT2D eigenvalue weighted by molar-refractivity contribution is -0.142. The van der Waals surface area contributed by atoms with Crippen LogP contribution in [0.3, 0.4) is 0 Å². The first kappa shape index (κ1) is 75.1. The molecule has 2 rings (SSSR count). The lowest BCUT2D eigenvalue weighted by Crippen LogP contribution is -2.62. The second-order valence-electron chi connectivity index (χ2n) is 20.0. The van der Waals surface area contributed by atoms with E-state index < -0.39 is 189 Å². The van der Waals surface area contributed by atoms with Crippen LogP contribution in [0.15, 0.2) is 60.7 Å². The minimum atomic E-state index is -1.82. The number of benzene rings is 2. The van der Waals surface area contributed by atoms with Crippen molar-refractivity contribution >= 4 is 95.4 Å². The molecule has 10 atom stereocenters. The van der Waals surface area contributed by atoms with Crippen molar-refractivity contribution in [2.45, 2.75) is 107 Å². The van der Waals surface area contributed by atoms with Gasteiger partial charge in [0.1, 0.15) is 48.3 Å². The molecule has 486 valence electrons. The molecular weight excluding hydrogens is 1180 g/mol. The molecule has 88 heavy (non-hydrogen) atoms. The molecule has 2 aromatic rings. The summed E-state index contributed by atoms with van der Waals surface area (Å²) in [5, 5.41) is 87.0. The zero-order valence-corrected chi connectivity index (χ0v) is 49.4. The van der Waals surface area contributed by atoms with Gasteiger partial charge in [-0.25, -0.2) is 4.79 Å². The van der Waals surface area contributed by atoms with Gasteiger partial charge in [-0.05, 0) is 36.8 Å². The summed E-state index contributed by atoms with van der Waals surface area (Å²) < 4.78 is 0. The van der Waals surface area contributed by atoms with Crippen LogP contribution in [0.25, 0.3) is 0 Å². The second kappa shape index (κ2) is 39.6. The quantitative estimate of drug-likeness (QED) is 0.0128. The van der Waals surface area contributed by atoms with Crippen molar-refractivity contribution in [3.63, 3.8) is 0 Å². The second-order valence-corrected chi connectivity index (χ2v) is 20.3. The van der Waals surface area contributed by atoms with Crippen LogP contribution in [0, 0.1) is 11.3 Å². The number of aliphatic hydroxyl groups excluding tert-OH is 4. The Kier molecular flexibility index (Phi) is 33.8. The Morgan fingerprint density at radius 3 is 1.26 bits per heavy atom. The van der Waals surface area contributed by atoms with Gasteiger partial charge >= 0.3 is 5.97 Å². The van der Waals surface area contributed by atoms with Gasteiger partial charge in [-0.2, -0.15) is 12.6 Å². The van der Waals surface area contributed by atoms with E-state index in [1.807, 2.05) is 0 Å². The number of guanidine groups is 1. The van der Waals surface area contributed by atoms with Crippen LogP contribution >= 0.6 is 12.6 Å². The van der Waals surface area contributed by atoms with Gasteiger partial charge < -0.3 is 106 Å². The Labute approximate surface area is 510 Å². The molecule has 0 aliphatic rings. The summed E-state index contributed by atoms with van der Waals surface area (Å²) in [4.78, 5) is 169. The number of carbonyl (C=O) groups is 13. The third-order valence-electron chi connectivity index (χ3n) is 12.5. The van der Waals surface area contributed by atoms with E-state index >= 15 is 0 Å². The number of nitrogens with one attached hydrogen (secondary N) is 14. The highest BCUT2D eigenvalue weighted by molar-refractivity contribution is 7.80. The van der Waals surface area contributed by atoms with Gasteiger partial charge in [0.25, 0.3) is 0 Å². The number of hydrogen-bond donors (Lipinski definition) is 22. The van der Waals surface area contributed by atoms with Crippen LogP contribution in [0.1, 0.15) is 44.7 Å². The largest absolute Gasteiger partial charge is 0.480 e. The summed E-state index contributed by atoms with van der Waals surface area (Å²) in [6, 6.07) is 2.90. The topological polar surface area (TPSA) is 555 Å². The fourth-order valence-electron chi connectivity index (χ4n) is 7.69. The number of carboxylic acid groups (broad SMARTS) is 1. The molecule has 0 saturated heterocycles. The van der Waals surface area contributed by atoms with Crippen LogP contribution in [-0.4, -0.2) is 227 Å². The van der Waals surface area contributed by atoms with Crippen LogP contribution in [0.2, 0.25) is 0 Å².